The number of rotatable bonds is 8. The lowest BCUT2D eigenvalue weighted by Gasteiger charge is -2.32. The summed E-state index contributed by atoms with van der Waals surface area (Å²) in [6.07, 6.45) is 12.4. The van der Waals surface area contributed by atoms with Crippen molar-refractivity contribution in [1.82, 2.24) is 0 Å². The van der Waals surface area contributed by atoms with Crippen molar-refractivity contribution in [2.75, 3.05) is 13.2 Å². The number of nitrogens with zero attached hydrogens (tertiary/aromatic N) is 2. The van der Waals surface area contributed by atoms with E-state index >= 15 is 0 Å². The highest BCUT2D eigenvalue weighted by Gasteiger charge is 2.50. The van der Waals surface area contributed by atoms with Gasteiger partial charge in [-0.15, -0.1) is 0 Å². The van der Waals surface area contributed by atoms with Crippen molar-refractivity contribution in [3.05, 3.63) is 0 Å². The molecule has 2 saturated heterocycles. The van der Waals surface area contributed by atoms with Gasteiger partial charge in [0, 0.05) is 0 Å². The van der Waals surface area contributed by atoms with Gasteiger partial charge in [-0.25, -0.2) is 0 Å². The molecule has 0 N–H and O–H groups in total. The molecule has 2 heterocycles. The van der Waals surface area contributed by atoms with Crippen LogP contribution in [0, 0.1) is 34.5 Å². The van der Waals surface area contributed by atoms with Gasteiger partial charge in [0.1, 0.15) is 24.4 Å². The first kappa shape index (κ1) is 22.0. The molecule has 6 atom stereocenters. The van der Waals surface area contributed by atoms with Crippen molar-refractivity contribution in [3.8, 4) is 12.1 Å². The van der Waals surface area contributed by atoms with Crippen LogP contribution in [0.2, 0.25) is 0 Å². The summed E-state index contributed by atoms with van der Waals surface area (Å²) in [5.41, 5.74) is 0. The van der Waals surface area contributed by atoms with Crippen LogP contribution in [0.3, 0.4) is 0 Å². The van der Waals surface area contributed by atoms with E-state index in [0.29, 0.717) is 37.9 Å². The summed E-state index contributed by atoms with van der Waals surface area (Å²) in [5.74, 6) is 0.939. The van der Waals surface area contributed by atoms with Crippen LogP contribution in [-0.4, -0.2) is 49.8 Å². The zero-order chi connectivity index (χ0) is 20.8. The third-order valence-electron chi connectivity index (χ3n) is 7.60. The van der Waals surface area contributed by atoms with E-state index in [1.54, 1.807) is 0 Å². The lowest BCUT2D eigenvalue weighted by atomic mass is 9.84. The van der Waals surface area contributed by atoms with Crippen molar-refractivity contribution in [1.29, 1.82) is 10.5 Å². The monoisotopic (exact) mass is 416 g/mol. The Bertz CT molecular complexity index is 564. The van der Waals surface area contributed by atoms with Gasteiger partial charge in [0.15, 0.2) is 0 Å². The van der Waals surface area contributed by atoms with Gasteiger partial charge in [-0.1, -0.05) is 38.5 Å². The average molecular weight is 417 g/mol. The van der Waals surface area contributed by atoms with Gasteiger partial charge in [0.25, 0.3) is 0 Å². The van der Waals surface area contributed by atoms with Gasteiger partial charge in [-0.05, 0) is 37.5 Å². The van der Waals surface area contributed by atoms with E-state index in [9.17, 15) is 10.5 Å². The molecule has 0 aromatic carbocycles. The molecule has 0 aromatic rings. The minimum Gasteiger partial charge on any atom is -0.370 e. The highest BCUT2D eigenvalue weighted by Crippen LogP contribution is 2.37. The van der Waals surface area contributed by atoms with Crippen molar-refractivity contribution in [2.45, 2.75) is 114 Å². The molecular weight excluding hydrogens is 380 g/mol. The number of fused-ring (bicyclic) bond motifs is 1. The molecule has 4 fully saturated rings. The minimum atomic E-state index is -0.132. The number of nitriles is 2. The molecule has 2 aliphatic carbocycles. The van der Waals surface area contributed by atoms with Gasteiger partial charge in [0.05, 0.1) is 50.4 Å². The van der Waals surface area contributed by atoms with Crippen LogP contribution in [-0.2, 0) is 18.9 Å². The average Bonchev–Trinajstić information content (AvgIpc) is 3.37. The second-order valence-corrected chi connectivity index (χ2v) is 9.54. The molecule has 0 aromatic heterocycles. The fraction of sp³-hybridized carbons (Fsp3) is 0.917. The van der Waals surface area contributed by atoms with E-state index in [0.717, 1.165) is 25.7 Å². The summed E-state index contributed by atoms with van der Waals surface area (Å²) in [5, 5.41) is 18.6. The number of hydrogen-bond acceptors (Lipinski definition) is 6. The second-order valence-electron chi connectivity index (χ2n) is 9.54. The molecule has 6 nitrogen and oxygen atoms in total. The van der Waals surface area contributed by atoms with Crippen LogP contribution < -0.4 is 0 Å². The van der Waals surface area contributed by atoms with Crippen molar-refractivity contribution in [2.24, 2.45) is 11.8 Å². The standard InChI is InChI=1S/C24H36N2O4/c25-13-11-19(17-7-3-1-4-8-17)29-21-15-27-24-22(16-28-23(21)24)30-20(12-14-26)18-9-5-2-6-10-18/h17-24H,1-12,15-16H2. The molecule has 6 unspecified atom stereocenters. The van der Waals surface area contributed by atoms with E-state index in [-0.39, 0.29) is 36.6 Å². The summed E-state index contributed by atoms with van der Waals surface area (Å²) >= 11 is 0. The molecule has 0 amide bonds. The molecular formula is C24H36N2O4. The minimum absolute atomic E-state index is 0.0280. The van der Waals surface area contributed by atoms with E-state index in [1.807, 2.05) is 0 Å². The van der Waals surface area contributed by atoms with Crippen LogP contribution in [0.1, 0.15) is 77.0 Å². The van der Waals surface area contributed by atoms with E-state index in [4.69, 9.17) is 18.9 Å². The third kappa shape index (κ3) is 5.17. The summed E-state index contributed by atoms with van der Waals surface area (Å²) in [6, 6.07) is 4.64. The summed E-state index contributed by atoms with van der Waals surface area (Å²) in [6.45, 7) is 0.992. The molecule has 0 bridgehead atoms. The molecule has 2 aliphatic heterocycles. The highest BCUT2D eigenvalue weighted by atomic mass is 16.6. The normalized spacial score (nSPS) is 34.7. The molecule has 0 spiro atoms. The largest absolute Gasteiger partial charge is 0.370 e. The Morgan fingerprint density at radius 2 is 1.07 bits per heavy atom. The summed E-state index contributed by atoms with van der Waals surface area (Å²) in [7, 11) is 0. The van der Waals surface area contributed by atoms with E-state index < -0.39 is 0 Å². The summed E-state index contributed by atoms with van der Waals surface area (Å²) in [4.78, 5) is 0. The maximum absolute atomic E-state index is 9.31. The lowest BCUT2D eigenvalue weighted by Crippen LogP contribution is -2.40. The highest BCUT2D eigenvalue weighted by molar-refractivity contribution is 4.98. The Morgan fingerprint density at radius 3 is 1.43 bits per heavy atom. The van der Waals surface area contributed by atoms with E-state index in [2.05, 4.69) is 12.1 Å². The van der Waals surface area contributed by atoms with Crippen LogP contribution in [0.25, 0.3) is 0 Å². The maximum Gasteiger partial charge on any atom is 0.115 e. The SMILES string of the molecule is N#CCC(OC1COC2C(OC(CC#N)C3CCCCC3)COC12)C1CCCCC1. The Morgan fingerprint density at radius 1 is 0.667 bits per heavy atom. The molecule has 30 heavy (non-hydrogen) atoms. The predicted octanol–water partition coefficient (Wildman–Crippen LogP) is 4.28. The Hall–Kier alpha value is -1.18. The smallest absolute Gasteiger partial charge is 0.115 e. The zero-order valence-corrected chi connectivity index (χ0v) is 18.0. The maximum atomic E-state index is 9.31. The van der Waals surface area contributed by atoms with Gasteiger partial charge < -0.3 is 18.9 Å². The van der Waals surface area contributed by atoms with Gasteiger partial charge >= 0.3 is 0 Å². The topological polar surface area (TPSA) is 84.5 Å². The Labute approximate surface area is 180 Å². The third-order valence-corrected chi connectivity index (χ3v) is 7.60. The zero-order valence-electron chi connectivity index (χ0n) is 18.0. The summed E-state index contributed by atoms with van der Waals surface area (Å²) < 4.78 is 25.1. The number of hydrogen-bond donors (Lipinski definition) is 0. The first-order valence-electron chi connectivity index (χ1n) is 12.1. The van der Waals surface area contributed by atoms with Crippen LogP contribution in [0.5, 0.6) is 0 Å². The first-order valence-corrected chi connectivity index (χ1v) is 12.1. The first-order chi connectivity index (χ1) is 14.8. The second kappa shape index (κ2) is 10.9. The predicted molar refractivity (Wildman–Crippen MR) is 110 cm³/mol. The fourth-order valence-electron chi connectivity index (χ4n) is 5.96. The number of ether oxygens (including phenoxy) is 4. The Balaban J connectivity index is 1.34. The molecule has 166 valence electrons. The molecule has 4 rings (SSSR count). The van der Waals surface area contributed by atoms with Crippen LogP contribution in [0.15, 0.2) is 0 Å². The van der Waals surface area contributed by atoms with Gasteiger partial charge in [-0.3, -0.25) is 0 Å². The van der Waals surface area contributed by atoms with Crippen molar-refractivity contribution >= 4 is 0 Å². The molecule has 4 aliphatic rings. The molecule has 2 saturated carbocycles. The molecule has 0 radical (unpaired) electrons. The lowest BCUT2D eigenvalue weighted by molar-refractivity contribution is -0.106. The van der Waals surface area contributed by atoms with Crippen molar-refractivity contribution < 1.29 is 18.9 Å². The van der Waals surface area contributed by atoms with Gasteiger partial charge in [0.2, 0.25) is 0 Å². The quantitative estimate of drug-likeness (QED) is 0.587. The van der Waals surface area contributed by atoms with E-state index in [1.165, 1.54) is 38.5 Å². The van der Waals surface area contributed by atoms with Gasteiger partial charge in [-0.2, -0.15) is 10.5 Å². The van der Waals surface area contributed by atoms with Crippen LogP contribution >= 0.6 is 0 Å². The van der Waals surface area contributed by atoms with Crippen LogP contribution in [0.4, 0.5) is 0 Å². The Kier molecular flexibility index (Phi) is 8.01. The van der Waals surface area contributed by atoms with Crippen molar-refractivity contribution in [3.63, 3.8) is 0 Å². The fourth-order valence-corrected chi connectivity index (χ4v) is 5.96. The molecule has 6 heteroatoms.